The normalized spacial score (nSPS) is 11.2. The van der Waals surface area contributed by atoms with E-state index in [1.54, 1.807) is 32.6 Å². The second kappa shape index (κ2) is 9.55. The van der Waals surface area contributed by atoms with Crippen molar-refractivity contribution in [2.45, 2.75) is 6.42 Å². The van der Waals surface area contributed by atoms with Crippen molar-refractivity contribution in [2.24, 2.45) is 0 Å². The smallest absolute Gasteiger partial charge is 0.228 e. The van der Waals surface area contributed by atoms with Gasteiger partial charge in [0, 0.05) is 30.0 Å². The number of aromatic nitrogens is 1. The van der Waals surface area contributed by atoms with Gasteiger partial charge in [-0.05, 0) is 50.1 Å². The number of hydrogen-bond acceptors (Lipinski definition) is 5. The molecule has 1 heterocycles. The maximum Gasteiger partial charge on any atom is 0.228 e. The quantitative estimate of drug-likeness (QED) is 0.221. The predicted octanol–water partition coefficient (Wildman–Crippen LogP) is 6.75. The lowest BCUT2D eigenvalue weighted by molar-refractivity contribution is 0.417. The second-order valence-corrected chi connectivity index (χ2v) is 11.5. The first kappa shape index (κ1) is 22.9. The molecule has 3 rings (SSSR count). The Kier molecular flexibility index (Phi) is 7.04. The molecule has 0 bridgehead atoms. The lowest BCUT2D eigenvalue weighted by Crippen LogP contribution is -2.05. The van der Waals surface area contributed by atoms with Crippen molar-refractivity contribution in [3.63, 3.8) is 0 Å². The van der Waals surface area contributed by atoms with Gasteiger partial charge in [0.15, 0.2) is 0 Å². The predicted molar refractivity (Wildman–Crippen MR) is 127 cm³/mol. The van der Waals surface area contributed by atoms with Crippen molar-refractivity contribution in [2.75, 3.05) is 43.8 Å². The summed E-state index contributed by atoms with van der Waals surface area (Å²) >= 11 is 5.90. The summed E-state index contributed by atoms with van der Waals surface area (Å²) in [5, 5.41) is 7.15. The van der Waals surface area contributed by atoms with E-state index in [4.69, 9.17) is 22.9 Å². The molecule has 0 saturated carbocycles. The van der Waals surface area contributed by atoms with Crippen LogP contribution in [-0.4, -0.2) is 38.1 Å². The van der Waals surface area contributed by atoms with E-state index in [0.29, 0.717) is 46.4 Å². The van der Waals surface area contributed by atoms with Crippen LogP contribution >= 0.6 is 18.7 Å². The minimum Gasteiger partial charge on any atom is -0.495 e. The fourth-order valence-corrected chi connectivity index (χ4v) is 4.23. The monoisotopic (exact) mass is 460 g/mol. The Labute approximate surface area is 186 Å². The number of fused-ring (bicyclic) bond motifs is 1. The van der Waals surface area contributed by atoms with Crippen molar-refractivity contribution in [1.82, 2.24) is 4.98 Å². The summed E-state index contributed by atoms with van der Waals surface area (Å²) in [4.78, 5) is 7.96. The van der Waals surface area contributed by atoms with Gasteiger partial charge in [-0.25, -0.2) is 9.24 Å². The summed E-state index contributed by atoms with van der Waals surface area (Å²) in [5.41, 5.74) is 2.82. The minimum absolute atomic E-state index is 0.0134. The lowest BCUT2D eigenvalue weighted by atomic mass is 10.1. The Hall–Kier alpha value is -2.81. The summed E-state index contributed by atoms with van der Waals surface area (Å²) in [6, 6.07) is 7.93. The Morgan fingerprint density at radius 3 is 2.71 bits per heavy atom. The van der Waals surface area contributed by atoms with Crippen molar-refractivity contribution in [3.8, 4) is 5.75 Å². The Morgan fingerprint density at radius 2 is 2.06 bits per heavy atom. The maximum absolute atomic E-state index is 13.5. The molecule has 1 aromatic heterocycles. The molecule has 0 fully saturated rings. The van der Waals surface area contributed by atoms with E-state index >= 15 is 0 Å². The van der Waals surface area contributed by atoms with E-state index in [1.165, 1.54) is 18.3 Å². The average Bonchev–Trinajstić information content (AvgIpc) is 2.72. The van der Waals surface area contributed by atoms with E-state index in [1.807, 2.05) is 6.07 Å². The summed E-state index contributed by atoms with van der Waals surface area (Å²) in [5.74, 6) is 0.0740. The fourth-order valence-electron chi connectivity index (χ4n) is 3.13. The van der Waals surface area contributed by atoms with E-state index in [0.717, 1.165) is 12.1 Å². The van der Waals surface area contributed by atoms with Crippen LogP contribution in [0.25, 0.3) is 15.7 Å². The van der Waals surface area contributed by atoms with Gasteiger partial charge in [0.25, 0.3) is 0 Å². The zero-order valence-electron chi connectivity index (χ0n) is 17.5. The third-order valence-corrected chi connectivity index (χ3v) is 6.35. The Morgan fingerprint density at radius 1 is 1.29 bits per heavy atom. The van der Waals surface area contributed by atoms with Gasteiger partial charge >= 0.3 is 0 Å². The molecule has 9 heteroatoms. The Balaban J connectivity index is 1.97. The molecule has 0 unspecified atom stereocenters. The molecule has 162 valence electrons. The van der Waals surface area contributed by atoms with Gasteiger partial charge < -0.3 is 19.9 Å². The molecule has 6 nitrogen and oxygen atoms in total. The Bertz CT molecular complexity index is 1210. The molecule has 0 radical (unpaired) electrons. The highest BCUT2D eigenvalue weighted by Crippen LogP contribution is 2.40. The van der Waals surface area contributed by atoms with Crippen LogP contribution in [0.15, 0.2) is 36.5 Å². The van der Waals surface area contributed by atoms with E-state index in [2.05, 4.69) is 20.5 Å². The highest BCUT2D eigenvalue weighted by molar-refractivity contribution is 7.62. The summed E-state index contributed by atoms with van der Waals surface area (Å²) < 4.78 is 30.9. The van der Waals surface area contributed by atoms with Gasteiger partial charge in [0.05, 0.1) is 42.7 Å². The van der Waals surface area contributed by atoms with Crippen molar-refractivity contribution in [3.05, 3.63) is 58.8 Å². The lowest BCUT2D eigenvalue weighted by Gasteiger charge is -2.16. The maximum atomic E-state index is 13.5. The summed E-state index contributed by atoms with van der Waals surface area (Å²) in [6.45, 7) is 11.7. The molecule has 0 aliphatic rings. The molecule has 0 amide bonds. The number of nitrogens with one attached hydrogen (secondary N) is 2. The van der Waals surface area contributed by atoms with E-state index in [9.17, 15) is 8.96 Å². The van der Waals surface area contributed by atoms with Crippen molar-refractivity contribution >= 4 is 52.4 Å². The van der Waals surface area contributed by atoms with E-state index in [-0.39, 0.29) is 5.02 Å². The molecule has 0 saturated heterocycles. The zero-order chi connectivity index (χ0) is 22.6. The molecule has 0 aliphatic heterocycles. The molecule has 2 N–H and O–H groups in total. The van der Waals surface area contributed by atoms with Crippen LogP contribution in [0.4, 0.5) is 27.1 Å². The fraction of sp³-hybridized carbons (Fsp3) is 0.273. The number of benzene rings is 2. The molecule has 31 heavy (non-hydrogen) atoms. The van der Waals surface area contributed by atoms with Gasteiger partial charge in [-0.15, -0.1) is 0 Å². The average molecular weight is 461 g/mol. The van der Waals surface area contributed by atoms with Gasteiger partial charge in [-0.3, -0.25) is 4.98 Å². The third-order valence-electron chi connectivity index (χ3n) is 4.67. The van der Waals surface area contributed by atoms with Crippen LogP contribution in [0.1, 0.15) is 6.42 Å². The first-order valence-corrected chi connectivity index (χ1v) is 12.8. The van der Waals surface area contributed by atoms with Gasteiger partial charge in [-0.1, -0.05) is 11.6 Å². The van der Waals surface area contributed by atoms with Crippen LogP contribution in [0.2, 0.25) is 5.02 Å². The number of ether oxygens (including phenoxy) is 1. The second-order valence-electron chi connectivity index (χ2n) is 7.53. The topological polar surface area (TPSA) is 67.6 Å². The van der Waals surface area contributed by atoms with Crippen LogP contribution in [0, 0.1) is 12.4 Å². The molecule has 0 aliphatic carbocycles. The van der Waals surface area contributed by atoms with E-state index < -0.39 is 13.0 Å². The number of nitrogens with zero attached hydrogens (tertiary/aromatic N) is 2. The SMILES string of the molecule is [C-]#[N+]c1cnc2cc(NCCCP(C)(C)=O)c(OC)cc2c1Nc1ccc(F)c(Cl)c1. The van der Waals surface area contributed by atoms with Crippen LogP contribution in [-0.2, 0) is 4.57 Å². The standard InChI is InChI=1S/C22H23ClFN4O2P/c1-25-20-13-27-18-12-19(26-8-5-9-31(3,4)29)21(30-2)11-15(18)22(20)28-14-6-7-17(24)16(23)10-14/h6-7,10-13,26H,5,8-9H2,2-4H3,(H,27,28). The molecule has 3 aromatic rings. The number of pyridine rings is 1. The number of halogens is 2. The molecule has 0 spiro atoms. The van der Waals surface area contributed by atoms with Crippen molar-refractivity contribution < 1.29 is 13.7 Å². The van der Waals surface area contributed by atoms with Crippen LogP contribution in [0.5, 0.6) is 5.75 Å². The van der Waals surface area contributed by atoms with Gasteiger partial charge in [0.2, 0.25) is 5.69 Å². The van der Waals surface area contributed by atoms with Gasteiger partial charge in [0.1, 0.15) is 11.6 Å². The first-order valence-electron chi connectivity index (χ1n) is 9.60. The number of hydrogen-bond donors (Lipinski definition) is 2. The highest BCUT2D eigenvalue weighted by atomic mass is 35.5. The zero-order valence-corrected chi connectivity index (χ0v) is 19.1. The molecule has 0 atom stereocenters. The van der Waals surface area contributed by atoms with Crippen molar-refractivity contribution in [1.29, 1.82) is 0 Å². The summed E-state index contributed by atoms with van der Waals surface area (Å²) in [7, 11) is -0.487. The van der Waals surface area contributed by atoms with Gasteiger partial charge in [-0.2, -0.15) is 0 Å². The first-order chi connectivity index (χ1) is 14.7. The van der Waals surface area contributed by atoms with Crippen LogP contribution in [0.3, 0.4) is 0 Å². The molecular weight excluding hydrogens is 438 g/mol. The highest BCUT2D eigenvalue weighted by Gasteiger charge is 2.15. The minimum atomic E-state index is -2.05. The number of rotatable bonds is 8. The largest absolute Gasteiger partial charge is 0.495 e. The summed E-state index contributed by atoms with van der Waals surface area (Å²) in [6.07, 6.45) is 2.92. The number of methoxy groups -OCH3 is 1. The molecule has 2 aromatic carbocycles. The third kappa shape index (κ3) is 5.66. The number of anilines is 3. The molecular formula is C22H23ClFN4O2P. The van der Waals surface area contributed by atoms with Crippen LogP contribution < -0.4 is 15.4 Å².